The quantitative estimate of drug-likeness (QED) is 0.661. The number of nitrogens with zero attached hydrogens (tertiary/aromatic N) is 2. The Morgan fingerprint density at radius 1 is 1.60 bits per heavy atom. The first kappa shape index (κ1) is 12.6. The maximum atomic E-state index is 7.19. The van der Waals surface area contributed by atoms with Crippen LogP contribution in [-0.4, -0.2) is 14.9 Å². The van der Waals surface area contributed by atoms with Crippen molar-refractivity contribution >= 4 is 32.9 Å². The molecule has 1 aromatic rings. The van der Waals surface area contributed by atoms with Gasteiger partial charge in [-0.2, -0.15) is 5.10 Å². The summed E-state index contributed by atoms with van der Waals surface area (Å²) >= 11 is 4.87. The summed E-state index contributed by atoms with van der Waals surface area (Å²) in [5.74, 6) is 0.691. The van der Waals surface area contributed by atoms with Gasteiger partial charge in [-0.25, -0.2) is 0 Å². The van der Waals surface area contributed by atoms with E-state index in [1.807, 2.05) is 4.68 Å². The minimum absolute atomic E-state index is 0.142. The molecule has 1 heterocycles. The molecule has 1 rings (SSSR count). The molecule has 0 unspecified atom stereocenters. The fourth-order valence-corrected chi connectivity index (χ4v) is 2.78. The molecule has 0 aliphatic carbocycles. The van der Waals surface area contributed by atoms with Gasteiger partial charge in [0.15, 0.2) is 5.17 Å². The van der Waals surface area contributed by atoms with E-state index in [9.17, 15) is 0 Å². The number of nitrogens with one attached hydrogen (secondary N) is 1. The minimum Gasteiger partial charge on any atom is -0.379 e. The first-order valence-electron chi connectivity index (χ1n) is 4.81. The summed E-state index contributed by atoms with van der Waals surface area (Å²) in [4.78, 5) is 0. The molecule has 15 heavy (non-hydrogen) atoms. The third kappa shape index (κ3) is 2.98. The second-order valence-corrected chi connectivity index (χ2v) is 4.84. The number of thioether (sulfide) groups is 1. The van der Waals surface area contributed by atoms with Crippen LogP contribution in [0, 0.1) is 5.41 Å². The highest BCUT2D eigenvalue weighted by Gasteiger charge is 2.13. The number of aromatic nitrogens is 2. The molecule has 0 saturated heterocycles. The van der Waals surface area contributed by atoms with E-state index >= 15 is 0 Å². The number of rotatable bonds is 4. The fraction of sp³-hybridized carbons (Fsp3) is 0.556. The Balaban J connectivity index is 2.92. The zero-order valence-corrected chi connectivity index (χ0v) is 11.3. The summed E-state index contributed by atoms with van der Waals surface area (Å²) in [7, 11) is 0. The van der Waals surface area contributed by atoms with Crippen molar-refractivity contribution in [2.24, 2.45) is 5.73 Å². The first-order chi connectivity index (χ1) is 7.10. The van der Waals surface area contributed by atoms with Crippen molar-refractivity contribution in [2.45, 2.75) is 32.6 Å². The SMILES string of the molecule is CCc1nn(CC)c(CSC(=N)N)c1Br. The Morgan fingerprint density at radius 3 is 2.73 bits per heavy atom. The molecule has 0 fully saturated rings. The van der Waals surface area contributed by atoms with Crippen LogP contribution in [0.5, 0.6) is 0 Å². The molecule has 0 spiro atoms. The Kier molecular flexibility index (Phi) is 4.66. The van der Waals surface area contributed by atoms with Crippen molar-refractivity contribution in [1.29, 1.82) is 5.41 Å². The van der Waals surface area contributed by atoms with Gasteiger partial charge in [-0.1, -0.05) is 18.7 Å². The van der Waals surface area contributed by atoms with Crippen molar-refractivity contribution in [3.05, 3.63) is 15.9 Å². The molecule has 1 aromatic heterocycles. The van der Waals surface area contributed by atoms with Gasteiger partial charge in [-0.05, 0) is 29.3 Å². The summed E-state index contributed by atoms with van der Waals surface area (Å²) in [6, 6.07) is 0. The highest BCUT2D eigenvalue weighted by Crippen LogP contribution is 2.25. The lowest BCUT2D eigenvalue weighted by atomic mass is 10.3. The molecular formula is C9H15BrN4S. The summed E-state index contributed by atoms with van der Waals surface area (Å²) in [6.07, 6.45) is 0.908. The van der Waals surface area contributed by atoms with Gasteiger partial charge >= 0.3 is 0 Å². The third-order valence-electron chi connectivity index (χ3n) is 2.06. The normalized spacial score (nSPS) is 10.6. The molecule has 4 nitrogen and oxygen atoms in total. The van der Waals surface area contributed by atoms with Crippen LogP contribution < -0.4 is 5.73 Å². The zero-order valence-electron chi connectivity index (χ0n) is 8.88. The van der Waals surface area contributed by atoms with Crippen molar-refractivity contribution in [2.75, 3.05) is 0 Å². The van der Waals surface area contributed by atoms with E-state index in [0.717, 1.165) is 28.8 Å². The van der Waals surface area contributed by atoms with E-state index < -0.39 is 0 Å². The Bertz CT molecular complexity index is 361. The predicted molar refractivity (Wildman–Crippen MR) is 68.2 cm³/mol. The highest BCUT2D eigenvalue weighted by molar-refractivity contribution is 9.10. The van der Waals surface area contributed by atoms with Crippen LogP contribution in [-0.2, 0) is 18.7 Å². The lowest BCUT2D eigenvalue weighted by Crippen LogP contribution is -2.07. The third-order valence-corrected chi connectivity index (χ3v) is 3.70. The van der Waals surface area contributed by atoms with Gasteiger partial charge in [0.05, 0.1) is 15.9 Å². The smallest absolute Gasteiger partial charge is 0.151 e. The molecule has 0 aromatic carbocycles. The van der Waals surface area contributed by atoms with Gasteiger partial charge in [0, 0.05) is 12.3 Å². The van der Waals surface area contributed by atoms with Gasteiger partial charge in [0.1, 0.15) is 0 Å². The number of hydrogen-bond donors (Lipinski definition) is 2. The van der Waals surface area contributed by atoms with Crippen molar-refractivity contribution in [1.82, 2.24) is 9.78 Å². The van der Waals surface area contributed by atoms with Crippen LogP contribution in [0.1, 0.15) is 25.2 Å². The van der Waals surface area contributed by atoms with Crippen LogP contribution in [0.2, 0.25) is 0 Å². The van der Waals surface area contributed by atoms with E-state index in [1.54, 1.807) is 0 Å². The molecule has 0 bridgehead atoms. The zero-order chi connectivity index (χ0) is 11.4. The Hall–Kier alpha value is -0.490. The maximum Gasteiger partial charge on any atom is 0.151 e. The van der Waals surface area contributed by atoms with Gasteiger partial charge in [-0.3, -0.25) is 10.1 Å². The minimum atomic E-state index is 0.142. The largest absolute Gasteiger partial charge is 0.379 e. The molecule has 0 radical (unpaired) electrons. The number of aryl methyl sites for hydroxylation is 2. The van der Waals surface area contributed by atoms with E-state index in [1.165, 1.54) is 11.8 Å². The molecule has 0 amide bonds. The summed E-state index contributed by atoms with van der Waals surface area (Å²) in [5, 5.41) is 11.8. The molecule has 0 atom stereocenters. The number of amidine groups is 1. The van der Waals surface area contributed by atoms with Crippen molar-refractivity contribution in [3.8, 4) is 0 Å². The second kappa shape index (κ2) is 5.55. The van der Waals surface area contributed by atoms with Crippen molar-refractivity contribution in [3.63, 3.8) is 0 Å². The van der Waals surface area contributed by atoms with Crippen LogP contribution >= 0.6 is 27.7 Å². The maximum absolute atomic E-state index is 7.19. The lowest BCUT2D eigenvalue weighted by molar-refractivity contribution is 0.628. The summed E-state index contributed by atoms with van der Waals surface area (Å²) in [6.45, 7) is 4.97. The highest BCUT2D eigenvalue weighted by atomic mass is 79.9. The van der Waals surface area contributed by atoms with E-state index in [4.69, 9.17) is 11.1 Å². The van der Waals surface area contributed by atoms with E-state index in [0.29, 0.717) is 5.75 Å². The summed E-state index contributed by atoms with van der Waals surface area (Å²) in [5.41, 5.74) is 7.49. The number of hydrogen-bond acceptors (Lipinski definition) is 3. The van der Waals surface area contributed by atoms with Crippen LogP contribution in [0.15, 0.2) is 4.47 Å². The Labute approximate surface area is 102 Å². The van der Waals surface area contributed by atoms with Crippen LogP contribution in [0.25, 0.3) is 0 Å². The van der Waals surface area contributed by atoms with E-state index in [2.05, 4.69) is 34.9 Å². The average molecular weight is 291 g/mol. The molecule has 0 aliphatic heterocycles. The fourth-order valence-electron chi connectivity index (χ4n) is 1.30. The standard InChI is InChI=1S/C9H15BrN4S/c1-3-6-8(10)7(5-15-9(11)12)14(4-2)13-6/h3-5H2,1-2H3,(H3,11,12). The van der Waals surface area contributed by atoms with Crippen molar-refractivity contribution < 1.29 is 0 Å². The monoisotopic (exact) mass is 290 g/mol. The number of nitrogens with two attached hydrogens (primary N) is 1. The van der Waals surface area contributed by atoms with Gasteiger partial charge < -0.3 is 5.73 Å². The van der Waals surface area contributed by atoms with Gasteiger partial charge in [-0.15, -0.1) is 0 Å². The molecule has 0 aliphatic rings. The van der Waals surface area contributed by atoms with Gasteiger partial charge in [0.2, 0.25) is 0 Å². The topological polar surface area (TPSA) is 67.7 Å². The van der Waals surface area contributed by atoms with Crippen LogP contribution in [0.4, 0.5) is 0 Å². The lowest BCUT2D eigenvalue weighted by Gasteiger charge is -2.03. The number of halogens is 1. The molecular weight excluding hydrogens is 276 g/mol. The Morgan fingerprint density at radius 2 is 2.27 bits per heavy atom. The molecule has 6 heteroatoms. The molecule has 84 valence electrons. The predicted octanol–water partition coefficient (Wildman–Crippen LogP) is 2.35. The molecule has 0 saturated carbocycles. The first-order valence-corrected chi connectivity index (χ1v) is 6.58. The summed E-state index contributed by atoms with van der Waals surface area (Å²) < 4.78 is 3.01. The van der Waals surface area contributed by atoms with Crippen LogP contribution in [0.3, 0.4) is 0 Å². The average Bonchev–Trinajstić information content (AvgIpc) is 2.51. The second-order valence-electron chi connectivity index (χ2n) is 3.03. The molecule has 3 N–H and O–H groups in total. The van der Waals surface area contributed by atoms with E-state index in [-0.39, 0.29) is 5.17 Å². The van der Waals surface area contributed by atoms with Gasteiger partial charge in [0.25, 0.3) is 0 Å².